The summed E-state index contributed by atoms with van der Waals surface area (Å²) < 4.78 is 2.92. The van der Waals surface area contributed by atoms with Crippen molar-refractivity contribution in [3.05, 3.63) is 140 Å². The minimum absolute atomic E-state index is 0.257. The number of nitrogens with zero attached hydrogens (tertiary/aromatic N) is 3. The summed E-state index contributed by atoms with van der Waals surface area (Å²) in [5.74, 6) is 2.03. The van der Waals surface area contributed by atoms with E-state index in [0.717, 1.165) is 27.5 Å². The third-order valence-corrected chi connectivity index (χ3v) is 10.8. The maximum atomic E-state index is 5.15. The van der Waals surface area contributed by atoms with Crippen molar-refractivity contribution < 1.29 is 0 Å². The molecule has 0 bridgehead atoms. The Labute approximate surface area is 253 Å². The summed E-state index contributed by atoms with van der Waals surface area (Å²) in [5.41, 5.74) is 2.96. The van der Waals surface area contributed by atoms with Gasteiger partial charge in [0.2, 0.25) is 0 Å². The molecule has 0 atom stereocenters. The van der Waals surface area contributed by atoms with Crippen molar-refractivity contribution in [2.45, 2.75) is 0 Å². The first-order chi connectivity index (χ1) is 21.3. The number of rotatable bonds is 3. The van der Waals surface area contributed by atoms with Gasteiger partial charge in [0.05, 0.1) is 0 Å². The van der Waals surface area contributed by atoms with Crippen molar-refractivity contribution in [2.75, 3.05) is 0 Å². The fourth-order valence-electron chi connectivity index (χ4n) is 6.23. The summed E-state index contributed by atoms with van der Waals surface area (Å²) >= 11 is 0.257. The van der Waals surface area contributed by atoms with Crippen LogP contribution in [0.25, 0.3) is 85.8 Å². The molecule has 2 aromatic heterocycles. The van der Waals surface area contributed by atoms with E-state index in [2.05, 4.69) is 121 Å². The third kappa shape index (κ3) is 3.99. The second-order valence-electron chi connectivity index (χ2n) is 10.8. The monoisotopic (exact) mass is 613 g/mol. The first-order valence-corrected chi connectivity index (χ1v) is 16.1. The van der Waals surface area contributed by atoms with Crippen LogP contribution in [-0.2, 0) is 0 Å². The van der Waals surface area contributed by atoms with Crippen LogP contribution >= 0.6 is 0 Å². The number of hydrogen-bond donors (Lipinski definition) is 0. The number of aromatic nitrogens is 3. The van der Waals surface area contributed by atoms with Crippen molar-refractivity contribution >= 4 is 66.1 Å². The second kappa shape index (κ2) is 9.71. The van der Waals surface area contributed by atoms with Crippen LogP contribution in [0.5, 0.6) is 0 Å². The molecule has 0 fully saturated rings. The average molecular weight is 613 g/mol. The standard InChI is InChI=1S/C39H23N3Se/c1-2-11-25(12-3-1)37-40-38(28-19-18-24-10-4-5-13-26(24)22-28)42-39(41-37)33-23-27-20-21-32-30-15-8-9-17-34(30)43-36(32)35(27)31-16-7-6-14-29(31)33/h1-23H. The molecule has 43 heavy (non-hydrogen) atoms. The second-order valence-corrected chi connectivity index (χ2v) is 13.1. The number of fused-ring (bicyclic) bond motifs is 8. The van der Waals surface area contributed by atoms with Crippen molar-refractivity contribution in [2.24, 2.45) is 0 Å². The Morgan fingerprint density at radius 3 is 1.91 bits per heavy atom. The van der Waals surface area contributed by atoms with Gasteiger partial charge in [-0.2, -0.15) is 0 Å². The Balaban J connectivity index is 1.34. The first-order valence-electron chi connectivity index (χ1n) is 14.4. The van der Waals surface area contributed by atoms with Gasteiger partial charge in [-0.1, -0.05) is 18.2 Å². The molecule has 3 nitrogen and oxygen atoms in total. The summed E-state index contributed by atoms with van der Waals surface area (Å²) in [4.78, 5) is 15.3. The van der Waals surface area contributed by atoms with E-state index < -0.39 is 0 Å². The van der Waals surface area contributed by atoms with Crippen molar-refractivity contribution in [3.63, 3.8) is 0 Å². The summed E-state index contributed by atoms with van der Waals surface area (Å²) in [7, 11) is 0. The molecule has 4 heteroatoms. The third-order valence-electron chi connectivity index (χ3n) is 8.28. The molecule has 0 saturated carbocycles. The van der Waals surface area contributed by atoms with Gasteiger partial charge in [0.15, 0.2) is 0 Å². The predicted octanol–water partition coefficient (Wildman–Crippen LogP) is 9.70. The molecule has 0 radical (unpaired) electrons. The quantitative estimate of drug-likeness (QED) is 0.147. The van der Waals surface area contributed by atoms with Crippen LogP contribution < -0.4 is 0 Å². The SMILES string of the molecule is c1ccc(-c2nc(-c3ccc4ccccc4c3)nc(-c3cc4ccc5c6ccccc6[se]c5c4c4ccccc34)n2)cc1. The van der Waals surface area contributed by atoms with E-state index in [0.29, 0.717) is 17.5 Å². The molecular formula is C39H23N3Se. The summed E-state index contributed by atoms with van der Waals surface area (Å²) in [5, 5.41) is 10.1. The van der Waals surface area contributed by atoms with E-state index in [1.807, 2.05) is 18.2 Å². The molecule has 200 valence electrons. The van der Waals surface area contributed by atoms with Crippen LogP contribution in [-0.4, -0.2) is 29.5 Å². The van der Waals surface area contributed by atoms with Crippen molar-refractivity contribution in [3.8, 4) is 34.2 Å². The molecule has 0 saturated heterocycles. The Bertz CT molecular complexity index is 2510. The molecule has 2 heterocycles. The van der Waals surface area contributed by atoms with E-state index in [4.69, 9.17) is 15.0 Å². The summed E-state index contributed by atoms with van der Waals surface area (Å²) in [6.07, 6.45) is 0. The van der Waals surface area contributed by atoms with Gasteiger partial charge in [0.1, 0.15) is 0 Å². The van der Waals surface area contributed by atoms with Crippen LogP contribution in [0.2, 0.25) is 0 Å². The van der Waals surface area contributed by atoms with Crippen molar-refractivity contribution in [1.29, 1.82) is 0 Å². The molecule has 0 aliphatic heterocycles. The van der Waals surface area contributed by atoms with E-state index >= 15 is 0 Å². The Kier molecular flexibility index (Phi) is 5.52. The maximum absolute atomic E-state index is 5.15. The van der Waals surface area contributed by atoms with Gasteiger partial charge in [-0.3, -0.25) is 0 Å². The zero-order chi connectivity index (χ0) is 28.3. The Hall–Kier alpha value is -5.15. The topological polar surface area (TPSA) is 38.7 Å². The Morgan fingerprint density at radius 2 is 1.05 bits per heavy atom. The normalized spacial score (nSPS) is 11.7. The van der Waals surface area contributed by atoms with E-state index in [1.54, 1.807) is 0 Å². The van der Waals surface area contributed by atoms with Gasteiger partial charge in [-0.05, 0) is 0 Å². The molecule has 0 N–H and O–H groups in total. The number of benzene rings is 7. The number of hydrogen-bond acceptors (Lipinski definition) is 3. The fraction of sp³-hybridized carbons (Fsp3) is 0. The molecule has 0 amide bonds. The van der Waals surface area contributed by atoms with E-state index in [9.17, 15) is 0 Å². The van der Waals surface area contributed by atoms with E-state index in [1.165, 1.54) is 40.8 Å². The summed E-state index contributed by atoms with van der Waals surface area (Å²) in [6, 6.07) is 49.4. The predicted molar refractivity (Wildman–Crippen MR) is 181 cm³/mol. The van der Waals surface area contributed by atoms with Gasteiger partial charge in [-0.25, -0.2) is 0 Å². The molecule has 9 aromatic rings. The van der Waals surface area contributed by atoms with Gasteiger partial charge < -0.3 is 0 Å². The minimum atomic E-state index is 0.257. The zero-order valence-corrected chi connectivity index (χ0v) is 24.7. The fourth-order valence-corrected chi connectivity index (χ4v) is 8.90. The zero-order valence-electron chi connectivity index (χ0n) is 23.0. The average Bonchev–Trinajstić information content (AvgIpc) is 3.46. The molecule has 0 unspecified atom stereocenters. The van der Waals surface area contributed by atoms with Gasteiger partial charge >= 0.3 is 237 Å². The van der Waals surface area contributed by atoms with Gasteiger partial charge in [-0.15, -0.1) is 0 Å². The molecule has 0 spiro atoms. The van der Waals surface area contributed by atoms with Crippen LogP contribution in [0.4, 0.5) is 0 Å². The molecule has 7 aromatic carbocycles. The molecular weight excluding hydrogens is 589 g/mol. The molecule has 9 rings (SSSR count). The van der Waals surface area contributed by atoms with Crippen LogP contribution in [0.3, 0.4) is 0 Å². The van der Waals surface area contributed by atoms with Gasteiger partial charge in [0, 0.05) is 0 Å². The molecule has 0 aliphatic carbocycles. The Morgan fingerprint density at radius 1 is 0.395 bits per heavy atom. The van der Waals surface area contributed by atoms with E-state index in [-0.39, 0.29) is 14.5 Å². The van der Waals surface area contributed by atoms with Gasteiger partial charge in [0.25, 0.3) is 0 Å². The summed E-state index contributed by atoms with van der Waals surface area (Å²) in [6.45, 7) is 0. The first kappa shape index (κ1) is 24.4. The van der Waals surface area contributed by atoms with Crippen LogP contribution in [0.15, 0.2) is 140 Å². The van der Waals surface area contributed by atoms with Crippen LogP contribution in [0, 0.1) is 0 Å². The van der Waals surface area contributed by atoms with Crippen LogP contribution in [0.1, 0.15) is 0 Å². The van der Waals surface area contributed by atoms with Crippen molar-refractivity contribution in [1.82, 2.24) is 15.0 Å². The molecule has 0 aliphatic rings.